The van der Waals surface area contributed by atoms with Gasteiger partial charge in [0.05, 0.1) is 11.5 Å². The lowest BCUT2D eigenvalue weighted by molar-refractivity contribution is -0.384. The number of nitrogens with one attached hydrogen (secondary N) is 1. The maximum atomic E-state index is 10.9. The predicted molar refractivity (Wildman–Crippen MR) is 67.4 cm³/mol. The fourth-order valence-corrected chi connectivity index (χ4v) is 1.53. The topological polar surface area (TPSA) is 64.4 Å². The van der Waals surface area contributed by atoms with Gasteiger partial charge in [0.1, 0.15) is 5.69 Å². The summed E-state index contributed by atoms with van der Waals surface area (Å²) < 4.78 is 5.27. The molecule has 0 spiro atoms. The minimum atomic E-state index is -0.380. The molecular formula is C12H18N2O3. The highest BCUT2D eigenvalue weighted by Gasteiger charge is 2.15. The Morgan fingerprint density at radius 2 is 2.24 bits per heavy atom. The van der Waals surface area contributed by atoms with Crippen LogP contribution in [0.1, 0.15) is 19.4 Å². The van der Waals surface area contributed by atoms with Crippen molar-refractivity contribution >= 4 is 11.4 Å². The molecule has 0 aromatic heterocycles. The average Bonchev–Trinajstić information content (AvgIpc) is 2.26. The van der Waals surface area contributed by atoms with Crippen LogP contribution >= 0.6 is 0 Å². The van der Waals surface area contributed by atoms with Crippen LogP contribution in [0.25, 0.3) is 0 Å². The average molecular weight is 238 g/mol. The van der Waals surface area contributed by atoms with Crippen LogP contribution in [0, 0.1) is 17.0 Å². The van der Waals surface area contributed by atoms with Crippen molar-refractivity contribution < 1.29 is 9.66 Å². The SMILES string of the molecule is CCOCC(C)Nc1cc(C)ccc1[N+](=O)[O-]. The molecule has 0 saturated heterocycles. The third-order valence-corrected chi connectivity index (χ3v) is 2.32. The van der Waals surface area contributed by atoms with E-state index in [9.17, 15) is 10.1 Å². The highest BCUT2D eigenvalue weighted by atomic mass is 16.6. The maximum absolute atomic E-state index is 10.9. The van der Waals surface area contributed by atoms with Crippen LogP contribution in [0.4, 0.5) is 11.4 Å². The zero-order valence-electron chi connectivity index (χ0n) is 10.4. The van der Waals surface area contributed by atoms with Crippen molar-refractivity contribution in [2.75, 3.05) is 18.5 Å². The molecule has 0 aliphatic heterocycles. The highest BCUT2D eigenvalue weighted by molar-refractivity contribution is 5.63. The first-order chi connectivity index (χ1) is 8.04. The molecule has 0 heterocycles. The molecule has 0 radical (unpaired) electrons. The molecule has 0 amide bonds. The molecular weight excluding hydrogens is 220 g/mol. The lowest BCUT2D eigenvalue weighted by atomic mass is 10.2. The number of hydrogen-bond donors (Lipinski definition) is 1. The summed E-state index contributed by atoms with van der Waals surface area (Å²) in [5.74, 6) is 0. The third-order valence-electron chi connectivity index (χ3n) is 2.32. The van der Waals surface area contributed by atoms with Crippen molar-refractivity contribution in [3.05, 3.63) is 33.9 Å². The number of aryl methyl sites for hydroxylation is 1. The molecule has 1 aromatic rings. The number of ether oxygens (including phenoxy) is 1. The summed E-state index contributed by atoms with van der Waals surface area (Å²) in [6.07, 6.45) is 0. The van der Waals surface area contributed by atoms with Gasteiger partial charge in [-0.2, -0.15) is 0 Å². The van der Waals surface area contributed by atoms with Gasteiger partial charge in [0.25, 0.3) is 5.69 Å². The van der Waals surface area contributed by atoms with Crippen LogP contribution in [0.2, 0.25) is 0 Å². The molecule has 0 fully saturated rings. The smallest absolute Gasteiger partial charge is 0.292 e. The zero-order chi connectivity index (χ0) is 12.8. The molecule has 1 rings (SSSR count). The van der Waals surface area contributed by atoms with Crippen LogP contribution in [-0.2, 0) is 4.74 Å². The van der Waals surface area contributed by atoms with E-state index in [0.29, 0.717) is 18.9 Å². The summed E-state index contributed by atoms with van der Waals surface area (Å²) in [4.78, 5) is 10.5. The highest BCUT2D eigenvalue weighted by Crippen LogP contribution is 2.25. The van der Waals surface area contributed by atoms with Gasteiger partial charge in [-0.15, -0.1) is 0 Å². The van der Waals surface area contributed by atoms with Crippen LogP contribution in [0.5, 0.6) is 0 Å². The van der Waals surface area contributed by atoms with Crippen LogP contribution in [-0.4, -0.2) is 24.2 Å². The van der Waals surface area contributed by atoms with E-state index in [1.54, 1.807) is 12.1 Å². The predicted octanol–water partition coefficient (Wildman–Crippen LogP) is 2.74. The molecule has 0 bridgehead atoms. The standard InChI is InChI=1S/C12H18N2O3/c1-4-17-8-10(3)13-11-7-9(2)5-6-12(11)14(15)16/h5-7,10,13H,4,8H2,1-3H3. The summed E-state index contributed by atoms with van der Waals surface area (Å²) in [6, 6.07) is 5.07. The number of rotatable bonds is 6. The Morgan fingerprint density at radius 1 is 1.53 bits per heavy atom. The second kappa shape index (κ2) is 6.20. The number of nitro benzene ring substituents is 1. The van der Waals surface area contributed by atoms with Gasteiger partial charge in [-0.25, -0.2) is 0 Å². The molecule has 0 saturated carbocycles. The van der Waals surface area contributed by atoms with Crippen LogP contribution in [0.3, 0.4) is 0 Å². The van der Waals surface area contributed by atoms with Crippen molar-refractivity contribution in [1.29, 1.82) is 0 Å². The minimum Gasteiger partial charge on any atom is -0.380 e. The van der Waals surface area contributed by atoms with Gasteiger partial charge in [-0.1, -0.05) is 6.07 Å². The molecule has 5 heteroatoms. The summed E-state index contributed by atoms with van der Waals surface area (Å²) in [5, 5.41) is 14.0. The monoisotopic (exact) mass is 238 g/mol. The number of nitro groups is 1. The first kappa shape index (κ1) is 13.4. The molecule has 5 nitrogen and oxygen atoms in total. The van der Waals surface area contributed by atoms with E-state index < -0.39 is 0 Å². The molecule has 0 aliphatic rings. The Hall–Kier alpha value is -1.62. The van der Waals surface area contributed by atoms with Crippen molar-refractivity contribution in [1.82, 2.24) is 0 Å². The Kier molecular flexibility index (Phi) is 4.90. The number of nitrogens with zero attached hydrogens (tertiary/aromatic N) is 1. The number of benzene rings is 1. The van der Waals surface area contributed by atoms with Gasteiger partial charge >= 0.3 is 0 Å². The third kappa shape index (κ3) is 4.03. The second-order valence-electron chi connectivity index (χ2n) is 3.98. The largest absolute Gasteiger partial charge is 0.380 e. The Balaban J connectivity index is 2.81. The normalized spacial score (nSPS) is 12.2. The number of anilines is 1. The molecule has 1 atom stereocenters. The fraction of sp³-hybridized carbons (Fsp3) is 0.500. The van der Waals surface area contributed by atoms with Gasteiger partial charge in [0, 0.05) is 18.7 Å². The fourth-order valence-electron chi connectivity index (χ4n) is 1.53. The van der Waals surface area contributed by atoms with E-state index in [-0.39, 0.29) is 16.7 Å². The minimum absolute atomic E-state index is 0.0375. The lowest BCUT2D eigenvalue weighted by Crippen LogP contribution is -2.22. The molecule has 1 unspecified atom stereocenters. The van der Waals surface area contributed by atoms with E-state index in [1.165, 1.54) is 6.07 Å². The van der Waals surface area contributed by atoms with Crippen molar-refractivity contribution in [2.24, 2.45) is 0 Å². The zero-order valence-corrected chi connectivity index (χ0v) is 10.4. The maximum Gasteiger partial charge on any atom is 0.292 e. The Morgan fingerprint density at radius 3 is 2.82 bits per heavy atom. The molecule has 17 heavy (non-hydrogen) atoms. The lowest BCUT2D eigenvalue weighted by Gasteiger charge is -2.15. The van der Waals surface area contributed by atoms with Gasteiger partial charge in [0.2, 0.25) is 0 Å². The van der Waals surface area contributed by atoms with E-state index in [1.807, 2.05) is 20.8 Å². The van der Waals surface area contributed by atoms with Crippen LogP contribution in [0.15, 0.2) is 18.2 Å². The van der Waals surface area contributed by atoms with Gasteiger partial charge in [-0.05, 0) is 32.4 Å². The van der Waals surface area contributed by atoms with Crippen LogP contribution < -0.4 is 5.32 Å². The van der Waals surface area contributed by atoms with Crippen molar-refractivity contribution in [3.8, 4) is 0 Å². The van der Waals surface area contributed by atoms with Crippen molar-refractivity contribution in [2.45, 2.75) is 26.8 Å². The summed E-state index contributed by atoms with van der Waals surface area (Å²) in [6.45, 7) is 6.93. The van der Waals surface area contributed by atoms with E-state index in [4.69, 9.17) is 4.74 Å². The first-order valence-corrected chi connectivity index (χ1v) is 5.64. The van der Waals surface area contributed by atoms with E-state index >= 15 is 0 Å². The van der Waals surface area contributed by atoms with Gasteiger partial charge < -0.3 is 10.1 Å². The van der Waals surface area contributed by atoms with E-state index in [2.05, 4.69) is 5.32 Å². The molecule has 94 valence electrons. The molecule has 1 N–H and O–H groups in total. The van der Waals surface area contributed by atoms with Crippen molar-refractivity contribution in [3.63, 3.8) is 0 Å². The summed E-state index contributed by atoms with van der Waals surface area (Å²) in [7, 11) is 0. The first-order valence-electron chi connectivity index (χ1n) is 5.64. The summed E-state index contributed by atoms with van der Waals surface area (Å²) in [5.41, 5.74) is 1.63. The second-order valence-corrected chi connectivity index (χ2v) is 3.98. The van der Waals surface area contributed by atoms with Gasteiger partial charge in [0.15, 0.2) is 0 Å². The Bertz CT molecular complexity index is 393. The number of hydrogen-bond acceptors (Lipinski definition) is 4. The van der Waals surface area contributed by atoms with Gasteiger partial charge in [-0.3, -0.25) is 10.1 Å². The summed E-state index contributed by atoms with van der Waals surface area (Å²) >= 11 is 0. The van der Waals surface area contributed by atoms with E-state index in [0.717, 1.165) is 5.56 Å². The quantitative estimate of drug-likeness (QED) is 0.611. The molecule has 0 aliphatic carbocycles. The Labute approximate surface area is 101 Å². The molecule has 1 aromatic carbocycles.